The molecule has 5 N–H and O–H groups in total. The van der Waals surface area contributed by atoms with Crippen LogP contribution in [-0.4, -0.2) is 64.2 Å². The lowest BCUT2D eigenvalue weighted by molar-refractivity contribution is 0.0183. The highest BCUT2D eigenvalue weighted by Gasteiger charge is 2.31. The van der Waals surface area contributed by atoms with E-state index in [2.05, 4.69) is 71.1 Å². The van der Waals surface area contributed by atoms with Crippen LogP contribution < -0.4 is 5.32 Å². The maximum atomic E-state index is 12.4. The molecule has 0 aliphatic heterocycles. The van der Waals surface area contributed by atoms with E-state index < -0.39 is 5.60 Å². The van der Waals surface area contributed by atoms with Gasteiger partial charge in [0.1, 0.15) is 5.60 Å². The lowest BCUT2D eigenvalue weighted by atomic mass is 9.81. The Bertz CT molecular complexity index is 2270. The zero-order chi connectivity index (χ0) is 40.1. The van der Waals surface area contributed by atoms with Crippen LogP contribution in [0.25, 0.3) is 21.8 Å². The predicted octanol–water partition coefficient (Wildman–Crippen LogP) is 12.2. The minimum atomic E-state index is -0.468. The molecule has 0 radical (unpaired) electrons. The van der Waals surface area contributed by atoms with Crippen LogP contribution in [0.1, 0.15) is 116 Å². The second kappa shape index (κ2) is 19.2. The van der Waals surface area contributed by atoms with Crippen LogP contribution in [0, 0.1) is 10.8 Å². The van der Waals surface area contributed by atoms with Gasteiger partial charge in [-0.15, -0.1) is 35.1 Å². The fourth-order valence-electron chi connectivity index (χ4n) is 8.71. The summed E-state index contributed by atoms with van der Waals surface area (Å²) in [6.07, 6.45) is 14.6. The SMILES string of the molecule is CN(C(=O)OC(C)(C)C)C1CCC(c2c[nH]c3ccc(CC(=N)c4cccs4)cc23)CC1.CNC1CCC(c2c[nH]c3ccc(CC(=N)c4cccs4)cc23)CC1.Cl. The van der Waals surface area contributed by atoms with Crippen LogP contribution in [-0.2, 0) is 17.6 Å². The fraction of sp³-hybridized carbons (Fsp3) is 0.426. The number of fused-ring (bicyclic) bond motifs is 2. The molecule has 4 aromatic heterocycles. The van der Waals surface area contributed by atoms with Crippen molar-refractivity contribution in [2.45, 2.75) is 114 Å². The summed E-state index contributed by atoms with van der Waals surface area (Å²) in [4.78, 5) is 23.2. The summed E-state index contributed by atoms with van der Waals surface area (Å²) >= 11 is 3.27. The van der Waals surface area contributed by atoms with Crippen molar-refractivity contribution >= 4 is 74.4 Å². The van der Waals surface area contributed by atoms with Crippen molar-refractivity contribution in [2.24, 2.45) is 0 Å². The predicted molar refractivity (Wildman–Crippen MR) is 247 cm³/mol. The van der Waals surface area contributed by atoms with E-state index in [-0.39, 0.29) is 24.5 Å². The minimum absolute atomic E-state index is 0. The number of carbonyl (C=O) groups excluding carboxylic acids is 1. The van der Waals surface area contributed by atoms with E-state index in [4.69, 9.17) is 15.6 Å². The summed E-state index contributed by atoms with van der Waals surface area (Å²) < 4.78 is 5.55. The standard InChI is InChI=1S/C26H33N3O2S.C21H25N3S.ClH/c1-26(2,3)31-25(30)29(4)19-10-8-18(9-11-19)21-16-28-23-12-7-17(14-20(21)23)15-22(27)24-6-5-13-32-24;1-23-16-7-5-15(6-8-16)18-13-24-20-9-4-14(11-17(18)20)12-19(22)21-3-2-10-25-21;/h5-7,12-14,16,18-19,27-28H,8-11,15H2,1-4H3;2-4,9-11,13,15-16,22-24H,5-8,12H2,1H3;1H. The van der Waals surface area contributed by atoms with Gasteiger partial charge in [0.05, 0.1) is 11.4 Å². The van der Waals surface area contributed by atoms with Crippen molar-refractivity contribution in [3.05, 3.63) is 116 Å². The molecule has 0 atom stereocenters. The molecule has 11 heteroatoms. The highest BCUT2D eigenvalue weighted by molar-refractivity contribution is 7.12. The Morgan fingerprint density at radius 1 is 0.759 bits per heavy atom. The number of thiophene rings is 2. The van der Waals surface area contributed by atoms with Crippen LogP contribution in [0.2, 0.25) is 0 Å². The number of nitrogens with zero attached hydrogens (tertiary/aromatic N) is 1. The van der Waals surface area contributed by atoms with Crippen molar-refractivity contribution in [1.82, 2.24) is 20.2 Å². The maximum Gasteiger partial charge on any atom is 0.410 e. The summed E-state index contributed by atoms with van der Waals surface area (Å²) in [6.45, 7) is 5.72. The van der Waals surface area contributed by atoms with Crippen molar-refractivity contribution < 1.29 is 9.53 Å². The molecule has 2 aliphatic rings. The molecule has 1 amide bonds. The number of rotatable bonds is 10. The molecule has 0 unspecified atom stereocenters. The van der Waals surface area contributed by atoms with Crippen LogP contribution in [0.15, 0.2) is 83.8 Å². The van der Waals surface area contributed by atoms with Gasteiger partial charge in [-0.05, 0) is 160 Å². The van der Waals surface area contributed by atoms with Gasteiger partial charge in [0.15, 0.2) is 0 Å². The Balaban J connectivity index is 0.000000198. The number of aromatic amines is 2. The van der Waals surface area contributed by atoms with Crippen molar-refractivity contribution in [3.63, 3.8) is 0 Å². The second-order valence-corrected chi connectivity index (χ2v) is 18.8. The van der Waals surface area contributed by atoms with Crippen molar-refractivity contribution in [1.29, 1.82) is 10.8 Å². The van der Waals surface area contributed by atoms with Gasteiger partial charge in [-0.3, -0.25) is 0 Å². The summed E-state index contributed by atoms with van der Waals surface area (Å²) in [5.74, 6) is 1.14. The third-order valence-electron chi connectivity index (χ3n) is 11.9. The van der Waals surface area contributed by atoms with Crippen molar-refractivity contribution in [3.8, 4) is 0 Å². The Morgan fingerprint density at radius 2 is 1.22 bits per heavy atom. The topological polar surface area (TPSA) is 121 Å². The molecule has 8 rings (SSSR count). The van der Waals surface area contributed by atoms with Gasteiger partial charge in [-0.1, -0.05) is 24.3 Å². The molecule has 2 fully saturated rings. The Kier molecular flexibility index (Phi) is 14.4. The number of hydrogen-bond donors (Lipinski definition) is 5. The van der Waals surface area contributed by atoms with Crippen LogP contribution in [0.5, 0.6) is 0 Å². The molecule has 0 spiro atoms. The zero-order valence-electron chi connectivity index (χ0n) is 34.5. The quantitative estimate of drug-likeness (QED) is 0.0883. The van der Waals surface area contributed by atoms with Crippen LogP contribution in [0.3, 0.4) is 0 Å². The number of H-pyrrole nitrogens is 2. The molecule has 4 heterocycles. The summed E-state index contributed by atoms with van der Waals surface area (Å²) in [6, 6.07) is 22.1. The molecule has 6 aromatic rings. The Labute approximate surface area is 357 Å². The molecule has 58 heavy (non-hydrogen) atoms. The van der Waals surface area contributed by atoms with Gasteiger partial charge in [0.25, 0.3) is 0 Å². The number of halogens is 1. The van der Waals surface area contributed by atoms with Crippen LogP contribution in [0.4, 0.5) is 4.79 Å². The first-order chi connectivity index (χ1) is 27.5. The molecule has 2 aromatic carbocycles. The zero-order valence-corrected chi connectivity index (χ0v) is 36.9. The molecule has 0 saturated heterocycles. The third kappa shape index (κ3) is 10.5. The van der Waals surface area contributed by atoms with E-state index in [1.54, 1.807) is 27.6 Å². The minimum Gasteiger partial charge on any atom is -0.444 e. The van der Waals surface area contributed by atoms with Crippen molar-refractivity contribution in [2.75, 3.05) is 14.1 Å². The number of hydrogen-bond acceptors (Lipinski definition) is 7. The monoisotopic (exact) mass is 838 g/mol. The molecule has 0 bridgehead atoms. The van der Waals surface area contributed by atoms with Gasteiger partial charge in [-0.25, -0.2) is 4.79 Å². The highest BCUT2D eigenvalue weighted by atomic mass is 35.5. The third-order valence-corrected chi connectivity index (χ3v) is 13.8. The van der Waals surface area contributed by atoms with E-state index in [1.165, 1.54) is 64.2 Å². The molecule has 2 aliphatic carbocycles. The number of ether oxygens (including phenoxy) is 1. The first-order valence-electron chi connectivity index (χ1n) is 20.5. The smallest absolute Gasteiger partial charge is 0.410 e. The van der Waals surface area contributed by atoms with Gasteiger partial charge < -0.3 is 35.7 Å². The van der Waals surface area contributed by atoms with Gasteiger partial charge in [-0.2, -0.15) is 0 Å². The van der Waals surface area contributed by atoms with E-state index >= 15 is 0 Å². The number of amides is 1. The normalized spacial score (nSPS) is 19.5. The average Bonchev–Trinajstić information content (AvgIpc) is 4.05. The van der Waals surface area contributed by atoms with Gasteiger partial charge in [0, 0.05) is 75.9 Å². The summed E-state index contributed by atoms with van der Waals surface area (Å²) in [5, 5.41) is 26.9. The van der Waals surface area contributed by atoms with Crippen LogP contribution >= 0.6 is 35.1 Å². The number of aromatic nitrogens is 2. The molecule has 2 saturated carbocycles. The average molecular weight is 840 g/mol. The fourth-order valence-corrected chi connectivity index (χ4v) is 10.1. The van der Waals surface area contributed by atoms with Gasteiger partial charge in [0.2, 0.25) is 0 Å². The molecule has 8 nitrogen and oxygen atoms in total. The molecular formula is C47H59ClN6O2S2. The lowest BCUT2D eigenvalue weighted by Crippen LogP contribution is -2.42. The van der Waals surface area contributed by atoms with Gasteiger partial charge >= 0.3 is 6.09 Å². The highest BCUT2D eigenvalue weighted by Crippen LogP contribution is 2.39. The summed E-state index contributed by atoms with van der Waals surface area (Å²) in [5.41, 5.74) is 8.52. The van der Waals surface area contributed by atoms with E-state index in [0.29, 0.717) is 42.1 Å². The maximum absolute atomic E-state index is 12.4. The Hall–Kier alpha value is -4.22. The lowest BCUT2D eigenvalue weighted by Gasteiger charge is -2.35. The first-order valence-corrected chi connectivity index (χ1v) is 22.3. The number of nitrogens with one attached hydrogen (secondary N) is 5. The van der Waals surface area contributed by atoms with E-state index in [9.17, 15) is 4.79 Å². The first kappa shape index (κ1) is 43.4. The molecular weight excluding hydrogens is 780 g/mol. The number of benzene rings is 2. The summed E-state index contributed by atoms with van der Waals surface area (Å²) in [7, 11) is 3.94. The Morgan fingerprint density at radius 3 is 1.64 bits per heavy atom. The molecule has 308 valence electrons. The second-order valence-electron chi connectivity index (χ2n) is 16.9. The number of carbonyl (C=O) groups is 1. The largest absolute Gasteiger partial charge is 0.444 e. The van der Waals surface area contributed by atoms with E-state index in [0.717, 1.165) is 41.0 Å². The van der Waals surface area contributed by atoms with E-state index in [1.807, 2.05) is 62.8 Å².